The van der Waals surface area contributed by atoms with Crippen LogP contribution >= 0.6 is 0 Å². The molecule has 0 N–H and O–H groups in total. The van der Waals surface area contributed by atoms with Gasteiger partial charge in [0.25, 0.3) is 0 Å². The second-order valence-corrected chi connectivity index (χ2v) is 13.4. The zero-order chi connectivity index (χ0) is 33.2. The first kappa shape index (κ1) is 26.9. The van der Waals surface area contributed by atoms with Crippen LogP contribution < -0.4 is 0 Å². The van der Waals surface area contributed by atoms with Crippen LogP contribution in [-0.4, -0.2) is 18.9 Å². The summed E-state index contributed by atoms with van der Waals surface area (Å²) in [4.78, 5) is 10.8. The minimum atomic E-state index is 0.616. The van der Waals surface area contributed by atoms with Crippen molar-refractivity contribution in [2.24, 2.45) is 0 Å². The quantitative estimate of drug-likeness (QED) is 0.191. The van der Waals surface area contributed by atoms with E-state index in [0.29, 0.717) is 11.5 Å². The molecule has 0 aliphatic carbocycles. The zero-order valence-corrected chi connectivity index (χ0v) is 27.2. The molecule has 5 heterocycles. The summed E-state index contributed by atoms with van der Waals surface area (Å²) < 4.78 is 11.3. The molecule has 0 saturated carbocycles. The molecular formula is C46H26N4O. The van der Waals surface area contributed by atoms with Crippen LogP contribution in [0.2, 0.25) is 0 Å². The highest BCUT2D eigenvalue weighted by atomic mass is 16.3. The summed E-state index contributed by atoms with van der Waals surface area (Å²) in [6.07, 6.45) is 0. The van der Waals surface area contributed by atoms with Crippen molar-refractivity contribution in [3.8, 4) is 28.3 Å². The molecule has 5 heteroatoms. The van der Waals surface area contributed by atoms with Gasteiger partial charge >= 0.3 is 0 Å². The van der Waals surface area contributed by atoms with Crippen LogP contribution in [-0.2, 0) is 0 Å². The van der Waals surface area contributed by atoms with E-state index in [1.807, 2.05) is 24.3 Å². The Morgan fingerprint density at radius 2 is 1.00 bits per heavy atom. The van der Waals surface area contributed by atoms with E-state index in [1.54, 1.807) is 0 Å². The first-order chi connectivity index (χ1) is 25.3. The topological polar surface area (TPSA) is 48.3 Å². The molecule has 12 rings (SSSR count). The lowest BCUT2D eigenvalue weighted by Crippen LogP contribution is -2.03. The molecule has 0 aliphatic rings. The van der Waals surface area contributed by atoms with E-state index in [0.717, 1.165) is 44.3 Å². The molecule has 0 atom stereocenters. The lowest BCUT2D eigenvalue weighted by atomic mass is 10.0. The number of rotatable bonds is 3. The number of furan rings is 1. The van der Waals surface area contributed by atoms with Gasteiger partial charge in [-0.1, -0.05) is 121 Å². The fourth-order valence-electron chi connectivity index (χ4n) is 8.49. The first-order valence-corrected chi connectivity index (χ1v) is 17.3. The summed E-state index contributed by atoms with van der Waals surface area (Å²) >= 11 is 0. The standard InChI is InChI=1S/C46H26N4O/c1-2-12-27(13-3-1)28-22-24-29(25-23-28)41-45-42(33-17-7-11-21-39(33)51-45)48-46(47-41)50-37-19-9-5-15-31(37)35-26-34-30-14-4-8-18-36(30)49-38-20-10-6-16-32(38)40(43(34)49)44(35)50/h1-26H. The number of fused-ring (bicyclic) bond motifs is 13. The van der Waals surface area contributed by atoms with E-state index in [9.17, 15) is 0 Å². The largest absolute Gasteiger partial charge is 0.452 e. The Kier molecular flexibility index (Phi) is 5.17. The molecule has 5 nitrogen and oxygen atoms in total. The smallest absolute Gasteiger partial charge is 0.236 e. The van der Waals surface area contributed by atoms with Crippen LogP contribution in [0.1, 0.15) is 0 Å². The van der Waals surface area contributed by atoms with E-state index < -0.39 is 0 Å². The van der Waals surface area contributed by atoms with Crippen molar-refractivity contribution in [3.05, 3.63) is 158 Å². The molecule has 0 unspecified atom stereocenters. The lowest BCUT2D eigenvalue weighted by Gasteiger charge is -2.11. The van der Waals surface area contributed by atoms with Crippen molar-refractivity contribution < 1.29 is 4.42 Å². The minimum absolute atomic E-state index is 0.616. The second kappa shape index (κ2) is 9.80. The van der Waals surface area contributed by atoms with E-state index in [-0.39, 0.29) is 0 Å². The Hall–Kier alpha value is -6.98. The Morgan fingerprint density at radius 3 is 1.78 bits per heavy atom. The van der Waals surface area contributed by atoms with Crippen molar-refractivity contribution in [3.63, 3.8) is 0 Å². The summed E-state index contributed by atoms with van der Waals surface area (Å²) in [5, 5.41) is 8.25. The summed E-state index contributed by atoms with van der Waals surface area (Å²) in [6.45, 7) is 0. The third kappa shape index (κ3) is 3.54. The SMILES string of the molecule is c1ccc(-c2ccc(-c3nc(-n4c5ccccc5c5cc6c7ccccc7n7c8ccccc8c(c54)c67)nc4c3oc3ccccc34)cc2)cc1. The van der Waals surface area contributed by atoms with Crippen LogP contribution in [0.15, 0.2) is 162 Å². The van der Waals surface area contributed by atoms with Crippen LogP contribution in [0.5, 0.6) is 0 Å². The molecular weight excluding hydrogens is 625 g/mol. The fourth-order valence-corrected chi connectivity index (χ4v) is 8.49. The van der Waals surface area contributed by atoms with Crippen LogP contribution in [0.25, 0.3) is 110 Å². The Bertz CT molecular complexity index is 3350. The van der Waals surface area contributed by atoms with E-state index >= 15 is 0 Å². The van der Waals surface area contributed by atoms with Gasteiger partial charge in [0.05, 0.1) is 27.6 Å². The number of aromatic nitrogens is 4. The summed E-state index contributed by atoms with van der Waals surface area (Å²) in [5.74, 6) is 0.616. The molecule has 236 valence electrons. The fraction of sp³-hybridized carbons (Fsp3) is 0. The number of para-hydroxylation sites is 4. The predicted octanol–water partition coefficient (Wildman–Crippen LogP) is 12.0. The highest BCUT2D eigenvalue weighted by molar-refractivity contribution is 6.34. The van der Waals surface area contributed by atoms with Crippen LogP contribution in [0, 0.1) is 0 Å². The number of hydrogen-bond donors (Lipinski definition) is 0. The zero-order valence-electron chi connectivity index (χ0n) is 27.2. The normalized spacial score (nSPS) is 12.3. The number of hydrogen-bond acceptors (Lipinski definition) is 3. The first-order valence-electron chi connectivity index (χ1n) is 17.3. The van der Waals surface area contributed by atoms with E-state index in [2.05, 4.69) is 142 Å². The van der Waals surface area contributed by atoms with Gasteiger partial charge in [0.1, 0.15) is 16.8 Å². The maximum atomic E-state index is 6.55. The summed E-state index contributed by atoms with van der Waals surface area (Å²) in [5.41, 5.74) is 12.1. The van der Waals surface area contributed by atoms with Gasteiger partial charge in [0, 0.05) is 43.3 Å². The van der Waals surface area contributed by atoms with Crippen molar-refractivity contribution in [1.29, 1.82) is 0 Å². The minimum Gasteiger partial charge on any atom is -0.452 e. The van der Waals surface area contributed by atoms with Crippen LogP contribution in [0.4, 0.5) is 0 Å². The van der Waals surface area contributed by atoms with E-state index in [4.69, 9.17) is 14.4 Å². The third-order valence-electron chi connectivity index (χ3n) is 10.7. The van der Waals surface area contributed by atoms with Gasteiger partial charge in [-0.2, -0.15) is 0 Å². The summed E-state index contributed by atoms with van der Waals surface area (Å²) in [7, 11) is 0. The van der Waals surface area contributed by atoms with Crippen LogP contribution in [0.3, 0.4) is 0 Å². The average molecular weight is 651 g/mol. The van der Waals surface area contributed by atoms with Crippen molar-refractivity contribution >= 4 is 82.0 Å². The second-order valence-electron chi connectivity index (χ2n) is 13.4. The van der Waals surface area contributed by atoms with Crippen molar-refractivity contribution in [2.45, 2.75) is 0 Å². The summed E-state index contributed by atoms with van der Waals surface area (Å²) in [6, 6.07) is 55.7. The molecule has 0 bridgehead atoms. The van der Waals surface area contributed by atoms with Gasteiger partial charge in [-0.05, 0) is 47.5 Å². The van der Waals surface area contributed by atoms with Gasteiger partial charge in [0.15, 0.2) is 5.58 Å². The molecule has 0 fully saturated rings. The lowest BCUT2D eigenvalue weighted by molar-refractivity contribution is 0.666. The maximum absolute atomic E-state index is 6.55. The molecule has 51 heavy (non-hydrogen) atoms. The third-order valence-corrected chi connectivity index (χ3v) is 10.7. The van der Waals surface area contributed by atoms with Crippen molar-refractivity contribution in [2.75, 3.05) is 0 Å². The predicted molar refractivity (Wildman–Crippen MR) is 209 cm³/mol. The van der Waals surface area contributed by atoms with Gasteiger partial charge in [-0.25, -0.2) is 9.97 Å². The van der Waals surface area contributed by atoms with E-state index in [1.165, 1.54) is 54.4 Å². The maximum Gasteiger partial charge on any atom is 0.236 e. The van der Waals surface area contributed by atoms with Gasteiger partial charge in [-0.3, -0.25) is 4.57 Å². The van der Waals surface area contributed by atoms with Crippen molar-refractivity contribution in [1.82, 2.24) is 18.9 Å². The number of nitrogens with zero attached hydrogens (tertiary/aromatic N) is 4. The molecule has 5 aromatic heterocycles. The molecule has 0 spiro atoms. The highest BCUT2D eigenvalue weighted by Gasteiger charge is 2.26. The Balaban J connectivity index is 1.24. The monoisotopic (exact) mass is 650 g/mol. The van der Waals surface area contributed by atoms with Gasteiger partial charge in [-0.15, -0.1) is 0 Å². The van der Waals surface area contributed by atoms with Gasteiger partial charge < -0.3 is 8.82 Å². The molecule has 12 aromatic rings. The molecule has 7 aromatic carbocycles. The number of benzene rings is 7. The average Bonchev–Trinajstić information content (AvgIpc) is 3.93. The molecule has 0 saturated heterocycles. The molecule has 0 aliphatic heterocycles. The highest BCUT2D eigenvalue weighted by Crippen LogP contribution is 2.46. The molecule has 0 radical (unpaired) electrons. The molecule has 0 amide bonds. The van der Waals surface area contributed by atoms with Gasteiger partial charge in [0.2, 0.25) is 5.95 Å². The Labute approximate surface area is 290 Å². The Morgan fingerprint density at radius 1 is 0.431 bits per heavy atom.